The number of amides is 1. The predicted molar refractivity (Wildman–Crippen MR) is 57.7 cm³/mol. The van der Waals surface area contributed by atoms with Gasteiger partial charge in [0.2, 0.25) is 0 Å². The monoisotopic (exact) mass is 217 g/mol. The van der Waals surface area contributed by atoms with Gasteiger partial charge in [-0.1, -0.05) is 6.07 Å². The minimum absolute atomic E-state index is 0.0380. The van der Waals surface area contributed by atoms with E-state index in [-0.39, 0.29) is 24.6 Å². The quantitative estimate of drug-likeness (QED) is 0.765. The summed E-state index contributed by atoms with van der Waals surface area (Å²) in [6, 6.07) is 6.11. The average Bonchev–Trinajstić information content (AvgIpc) is 2.30. The van der Waals surface area contributed by atoms with E-state index < -0.39 is 5.97 Å². The smallest absolute Gasteiger partial charge is 0.338 e. The highest BCUT2D eigenvalue weighted by molar-refractivity contribution is 5.97. The summed E-state index contributed by atoms with van der Waals surface area (Å²) in [5.41, 5.74) is 0.618. The van der Waals surface area contributed by atoms with E-state index in [1.54, 1.807) is 12.1 Å². The fraction of sp³-hybridized carbons (Fsp3) is 0.167. The molecule has 0 fully saturated rings. The van der Waals surface area contributed by atoms with Gasteiger partial charge in [0.25, 0.3) is 5.91 Å². The molecule has 0 atom stereocenters. The molecule has 82 valence electrons. The molecular weight excluding hydrogens is 206 g/mol. The maximum atomic E-state index is 11.4. The molecule has 1 N–H and O–H groups in total. The van der Waals surface area contributed by atoms with Gasteiger partial charge in [0, 0.05) is 19.0 Å². The van der Waals surface area contributed by atoms with Gasteiger partial charge in [-0.05, 0) is 25.1 Å². The van der Waals surface area contributed by atoms with Crippen LogP contribution in [-0.4, -0.2) is 25.0 Å². The Morgan fingerprint density at radius 2 is 1.94 bits per heavy atom. The molecule has 1 aromatic carbocycles. The van der Waals surface area contributed by atoms with Crippen LogP contribution < -0.4 is 5.32 Å². The van der Waals surface area contributed by atoms with Crippen molar-refractivity contribution < 1.29 is 14.3 Å². The molecule has 1 rings (SSSR count). The molecule has 1 amide bonds. The minimum Gasteiger partial charge on any atom is -0.462 e. The van der Waals surface area contributed by atoms with Crippen LogP contribution in [0.15, 0.2) is 24.3 Å². The fourth-order valence-corrected chi connectivity index (χ4v) is 1.14. The van der Waals surface area contributed by atoms with E-state index in [1.165, 1.54) is 12.1 Å². The lowest BCUT2D eigenvalue weighted by Crippen LogP contribution is -2.23. The van der Waals surface area contributed by atoms with E-state index in [9.17, 15) is 9.59 Å². The van der Waals surface area contributed by atoms with Crippen molar-refractivity contribution in [2.45, 2.75) is 0 Å². The summed E-state index contributed by atoms with van der Waals surface area (Å²) in [6.07, 6.45) is 0. The zero-order valence-corrected chi connectivity index (χ0v) is 8.60. The third-order valence-corrected chi connectivity index (χ3v) is 1.84. The summed E-state index contributed by atoms with van der Waals surface area (Å²) in [7, 11) is 0. The van der Waals surface area contributed by atoms with Crippen LogP contribution in [0.2, 0.25) is 0 Å². The lowest BCUT2D eigenvalue weighted by Gasteiger charge is -2.04. The van der Waals surface area contributed by atoms with E-state index in [0.29, 0.717) is 5.56 Å². The highest BCUT2D eigenvalue weighted by atomic mass is 16.5. The zero-order valence-electron chi connectivity index (χ0n) is 8.60. The second-order valence-corrected chi connectivity index (χ2v) is 2.89. The Kier molecular flexibility index (Phi) is 4.51. The number of hydrogen-bond donors (Lipinski definition) is 1. The van der Waals surface area contributed by atoms with Gasteiger partial charge in [0.1, 0.15) is 0 Å². The van der Waals surface area contributed by atoms with Gasteiger partial charge >= 0.3 is 5.97 Å². The molecule has 1 aromatic rings. The van der Waals surface area contributed by atoms with E-state index in [1.807, 2.05) is 0 Å². The van der Waals surface area contributed by atoms with Crippen molar-refractivity contribution in [2.75, 3.05) is 13.2 Å². The van der Waals surface area contributed by atoms with Gasteiger partial charge in [0.15, 0.2) is 0 Å². The third kappa shape index (κ3) is 3.08. The van der Waals surface area contributed by atoms with Crippen molar-refractivity contribution in [1.29, 1.82) is 0 Å². The summed E-state index contributed by atoms with van der Waals surface area (Å²) < 4.78 is 4.61. The van der Waals surface area contributed by atoms with Gasteiger partial charge in [0.05, 0.1) is 12.2 Å². The van der Waals surface area contributed by atoms with Gasteiger partial charge in [-0.15, -0.1) is 0 Å². The molecule has 0 spiro atoms. The highest BCUT2D eigenvalue weighted by Gasteiger charge is 2.10. The number of nitrogens with one attached hydrogen (secondary N) is 1. The number of ether oxygens (including phenoxy) is 1. The Bertz CT molecular complexity index is 354. The summed E-state index contributed by atoms with van der Waals surface area (Å²) in [4.78, 5) is 22.7. The Balaban J connectivity index is 2.86. The molecule has 0 aliphatic heterocycles. The Morgan fingerprint density at radius 3 is 2.56 bits per heavy atom. The van der Waals surface area contributed by atoms with Crippen LogP contribution in [0.5, 0.6) is 0 Å². The zero-order chi connectivity index (χ0) is 12.0. The molecule has 4 radical (unpaired) electrons. The topological polar surface area (TPSA) is 55.4 Å². The summed E-state index contributed by atoms with van der Waals surface area (Å²) in [6.45, 7) is 10.1. The Hall–Kier alpha value is -1.84. The summed E-state index contributed by atoms with van der Waals surface area (Å²) in [5.74, 6) is -0.908. The van der Waals surface area contributed by atoms with Crippen molar-refractivity contribution in [1.82, 2.24) is 5.32 Å². The largest absolute Gasteiger partial charge is 0.462 e. The van der Waals surface area contributed by atoms with Crippen molar-refractivity contribution in [3.63, 3.8) is 0 Å². The molecule has 0 saturated carbocycles. The van der Waals surface area contributed by atoms with Gasteiger partial charge < -0.3 is 10.1 Å². The summed E-state index contributed by atoms with van der Waals surface area (Å²) in [5, 5.41) is 2.42. The SMILES string of the molecule is [CH]CNC(=O)c1cccc(C(=O)OC[CH])c1. The number of rotatable bonds is 4. The molecule has 4 heteroatoms. The van der Waals surface area contributed by atoms with Crippen LogP contribution in [-0.2, 0) is 4.74 Å². The molecule has 0 aliphatic carbocycles. The number of carbonyl (C=O) groups is 2. The van der Waals surface area contributed by atoms with Crippen LogP contribution in [0.3, 0.4) is 0 Å². The first-order valence-corrected chi connectivity index (χ1v) is 4.64. The second-order valence-electron chi connectivity index (χ2n) is 2.89. The van der Waals surface area contributed by atoms with E-state index >= 15 is 0 Å². The van der Waals surface area contributed by atoms with Gasteiger partial charge in [-0.3, -0.25) is 4.79 Å². The molecule has 0 aliphatic rings. The average molecular weight is 217 g/mol. The van der Waals surface area contributed by atoms with Gasteiger partial charge in [-0.25, -0.2) is 4.79 Å². The van der Waals surface area contributed by atoms with Crippen molar-refractivity contribution in [3.8, 4) is 0 Å². The molecule has 0 aromatic heterocycles. The second kappa shape index (κ2) is 5.90. The maximum absolute atomic E-state index is 11.4. The van der Waals surface area contributed by atoms with E-state index in [0.717, 1.165) is 0 Å². The van der Waals surface area contributed by atoms with E-state index in [2.05, 4.69) is 10.1 Å². The molecule has 0 heterocycles. The predicted octanol–water partition coefficient (Wildman–Crippen LogP) is 0.995. The number of carbonyl (C=O) groups excluding carboxylic acids is 2. The standard InChI is InChI=1S/C12H11NO3/c1-3-13-11(14)9-6-5-7-10(8-9)12(15)16-4-2/h1-2,5-8H,3-4H2,(H,13,14). The number of hydrogen-bond acceptors (Lipinski definition) is 3. The van der Waals surface area contributed by atoms with E-state index in [4.69, 9.17) is 13.8 Å². The molecule has 0 unspecified atom stereocenters. The van der Waals surface area contributed by atoms with Crippen molar-refractivity contribution in [2.24, 2.45) is 0 Å². The van der Waals surface area contributed by atoms with Crippen LogP contribution in [0, 0.1) is 13.8 Å². The van der Waals surface area contributed by atoms with Crippen LogP contribution in [0.1, 0.15) is 20.7 Å². The first kappa shape index (κ1) is 12.2. The lowest BCUT2D eigenvalue weighted by atomic mass is 10.1. The van der Waals surface area contributed by atoms with Gasteiger partial charge in [-0.2, -0.15) is 0 Å². The Labute approximate surface area is 94.6 Å². The first-order chi connectivity index (χ1) is 7.69. The van der Waals surface area contributed by atoms with Crippen LogP contribution in [0.25, 0.3) is 0 Å². The normalized spacial score (nSPS) is 9.62. The Morgan fingerprint density at radius 1 is 1.25 bits per heavy atom. The summed E-state index contributed by atoms with van der Waals surface area (Å²) >= 11 is 0. The first-order valence-electron chi connectivity index (χ1n) is 4.64. The van der Waals surface area contributed by atoms with Crippen LogP contribution >= 0.6 is 0 Å². The molecule has 0 saturated heterocycles. The van der Waals surface area contributed by atoms with Crippen molar-refractivity contribution >= 4 is 11.9 Å². The highest BCUT2D eigenvalue weighted by Crippen LogP contribution is 2.06. The minimum atomic E-state index is -0.565. The molecular formula is C12H11NO3. The lowest BCUT2D eigenvalue weighted by molar-refractivity contribution is 0.0547. The third-order valence-electron chi connectivity index (χ3n) is 1.84. The number of benzene rings is 1. The van der Waals surface area contributed by atoms with Crippen LogP contribution in [0.4, 0.5) is 0 Å². The molecule has 16 heavy (non-hydrogen) atoms. The van der Waals surface area contributed by atoms with Crippen molar-refractivity contribution in [3.05, 3.63) is 49.2 Å². The number of esters is 1. The molecule has 0 bridgehead atoms. The molecule has 4 nitrogen and oxygen atoms in total. The maximum Gasteiger partial charge on any atom is 0.338 e. The fourth-order valence-electron chi connectivity index (χ4n) is 1.14.